The van der Waals surface area contributed by atoms with Crippen LogP contribution in [0.15, 0.2) is 64.8 Å². The van der Waals surface area contributed by atoms with E-state index in [4.69, 9.17) is 14.9 Å². The number of aliphatic carboxylic acids is 2. The van der Waals surface area contributed by atoms with E-state index in [-0.39, 0.29) is 6.61 Å². The van der Waals surface area contributed by atoms with Crippen molar-refractivity contribution in [3.8, 4) is 5.75 Å². The van der Waals surface area contributed by atoms with Gasteiger partial charge in [-0.2, -0.15) is 0 Å². The molecule has 0 unspecified atom stereocenters. The van der Waals surface area contributed by atoms with Crippen molar-refractivity contribution in [2.75, 3.05) is 5.32 Å². The Morgan fingerprint density at radius 1 is 1.08 bits per heavy atom. The third kappa shape index (κ3) is 4.85. The van der Waals surface area contributed by atoms with E-state index in [9.17, 15) is 9.59 Å². The Balaban J connectivity index is 2.26. The van der Waals surface area contributed by atoms with Crippen LogP contribution in [-0.4, -0.2) is 22.2 Å². The Kier molecular flexibility index (Phi) is 5.97. The number of halogens is 1. The first-order valence-electron chi connectivity index (χ1n) is 6.87. The Hall–Kier alpha value is -2.80. The van der Waals surface area contributed by atoms with Crippen molar-refractivity contribution in [2.24, 2.45) is 0 Å². The van der Waals surface area contributed by atoms with E-state index in [0.717, 1.165) is 5.56 Å². The number of nitrogens with one attached hydrogen (secondary N) is 1. The maximum atomic E-state index is 11.2. The zero-order chi connectivity index (χ0) is 17.5. The normalized spacial score (nSPS) is 11.0. The number of para-hydroxylation sites is 1. The summed E-state index contributed by atoms with van der Waals surface area (Å²) in [6, 6.07) is 14.5. The quantitative estimate of drug-likeness (QED) is 0.625. The monoisotopic (exact) mass is 391 g/mol. The molecule has 0 aromatic heterocycles. The molecule has 0 aliphatic heterocycles. The minimum Gasteiger partial charge on any atom is -0.486 e. The second-order valence-electron chi connectivity index (χ2n) is 4.72. The molecule has 2 aromatic rings. The number of anilines is 1. The molecule has 0 radical (unpaired) electrons. The van der Waals surface area contributed by atoms with Crippen molar-refractivity contribution < 1.29 is 24.5 Å². The molecule has 6 nitrogen and oxygen atoms in total. The molecule has 2 aromatic carbocycles. The average molecular weight is 392 g/mol. The first-order chi connectivity index (χ1) is 11.5. The van der Waals surface area contributed by atoms with Crippen LogP contribution < -0.4 is 10.1 Å². The molecule has 0 spiro atoms. The van der Waals surface area contributed by atoms with Gasteiger partial charge in [0.05, 0.1) is 16.2 Å². The van der Waals surface area contributed by atoms with Crippen LogP contribution in [0.3, 0.4) is 0 Å². The van der Waals surface area contributed by atoms with E-state index in [1.807, 2.05) is 30.3 Å². The third-order valence-corrected chi connectivity index (χ3v) is 3.58. The van der Waals surface area contributed by atoms with Gasteiger partial charge in [0.15, 0.2) is 5.75 Å². The van der Waals surface area contributed by atoms with E-state index in [2.05, 4.69) is 21.2 Å². The SMILES string of the molecule is O=C(O)/C=C(\Nc1cccc(Br)c1OCc1ccccc1)C(=O)O. The highest BCUT2D eigenvalue weighted by atomic mass is 79.9. The predicted octanol–water partition coefficient (Wildman–Crippen LogP) is 3.49. The fourth-order valence-electron chi connectivity index (χ4n) is 1.90. The fraction of sp³-hybridized carbons (Fsp3) is 0.0588. The molecule has 124 valence electrons. The van der Waals surface area contributed by atoms with Gasteiger partial charge in [0.2, 0.25) is 0 Å². The lowest BCUT2D eigenvalue weighted by atomic mass is 10.2. The highest BCUT2D eigenvalue weighted by Gasteiger charge is 2.15. The summed E-state index contributed by atoms with van der Waals surface area (Å²) in [4.78, 5) is 21.9. The van der Waals surface area contributed by atoms with Crippen molar-refractivity contribution in [1.82, 2.24) is 0 Å². The van der Waals surface area contributed by atoms with E-state index in [1.165, 1.54) is 0 Å². The van der Waals surface area contributed by atoms with E-state index in [1.54, 1.807) is 18.2 Å². The molecule has 2 rings (SSSR count). The largest absolute Gasteiger partial charge is 0.486 e. The fourth-order valence-corrected chi connectivity index (χ4v) is 2.38. The molecular formula is C17H14BrNO5. The Labute approximate surface area is 146 Å². The zero-order valence-corrected chi connectivity index (χ0v) is 14.0. The van der Waals surface area contributed by atoms with Crippen molar-refractivity contribution >= 4 is 33.6 Å². The van der Waals surface area contributed by atoms with Crippen molar-refractivity contribution in [3.63, 3.8) is 0 Å². The van der Waals surface area contributed by atoms with Crippen molar-refractivity contribution in [1.29, 1.82) is 0 Å². The van der Waals surface area contributed by atoms with Gasteiger partial charge < -0.3 is 20.3 Å². The minimum absolute atomic E-state index is 0.281. The summed E-state index contributed by atoms with van der Waals surface area (Å²) in [6.45, 7) is 0.281. The van der Waals surface area contributed by atoms with Gasteiger partial charge >= 0.3 is 11.9 Å². The number of rotatable bonds is 7. The molecule has 0 heterocycles. The van der Waals surface area contributed by atoms with Crippen LogP contribution in [0.2, 0.25) is 0 Å². The number of hydrogen-bond acceptors (Lipinski definition) is 4. The number of ether oxygens (including phenoxy) is 1. The Bertz CT molecular complexity index is 774. The number of carboxylic acids is 2. The van der Waals surface area contributed by atoms with Crippen molar-refractivity contribution in [2.45, 2.75) is 6.61 Å². The van der Waals surface area contributed by atoms with Gasteiger partial charge in [-0.25, -0.2) is 9.59 Å². The predicted molar refractivity (Wildman–Crippen MR) is 91.9 cm³/mol. The summed E-state index contributed by atoms with van der Waals surface area (Å²) in [5.41, 5.74) is 0.819. The molecular weight excluding hydrogens is 378 g/mol. The number of hydrogen-bond donors (Lipinski definition) is 3. The van der Waals surface area contributed by atoms with Gasteiger partial charge in [-0.05, 0) is 33.6 Å². The summed E-state index contributed by atoms with van der Waals surface area (Å²) in [5.74, 6) is -2.35. The number of carboxylic acid groups (broad SMARTS) is 2. The van der Waals surface area contributed by atoms with Crippen LogP contribution >= 0.6 is 15.9 Å². The third-order valence-electron chi connectivity index (χ3n) is 2.96. The minimum atomic E-state index is -1.38. The summed E-state index contributed by atoms with van der Waals surface area (Å²) in [5, 5.41) is 20.5. The first kappa shape index (κ1) is 17.6. The lowest BCUT2D eigenvalue weighted by Crippen LogP contribution is -2.13. The maximum absolute atomic E-state index is 11.2. The van der Waals surface area contributed by atoms with Gasteiger partial charge in [-0.3, -0.25) is 0 Å². The number of benzene rings is 2. The average Bonchev–Trinajstić information content (AvgIpc) is 2.54. The summed E-state index contributed by atoms with van der Waals surface area (Å²) in [6.07, 6.45) is 0.588. The summed E-state index contributed by atoms with van der Waals surface area (Å²) < 4.78 is 6.38. The molecule has 0 bridgehead atoms. The molecule has 7 heteroatoms. The van der Waals surface area contributed by atoms with Crippen LogP contribution in [0.25, 0.3) is 0 Å². The first-order valence-corrected chi connectivity index (χ1v) is 7.67. The summed E-state index contributed by atoms with van der Waals surface area (Å²) >= 11 is 3.35. The topological polar surface area (TPSA) is 95.9 Å². The molecule has 0 aliphatic carbocycles. The Morgan fingerprint density at radius 2 is 1.79 bits per heavy atom. The van der Waals surface area contributed by atoms with Gasteiger partial charge in [0.25, 0.3) is 0 Å². The molecule has 0 atom stereocenters. The van der Waals surface area contributed by atoms with Gasteiger partial charge in [-0.1, -0.05) is 36.4 Å². The van der Waals surface area contributed by atoms with Crippen LogP contribution in [0.1, 0.15) is 5.56 Å². The maximum Gasteiger partial charge on any atom is 0.352 e. The van der Waals surface area contributed by atoms with Crippen LogP contribution in [0, 0.1) is 0 Å². The summed E-state index contributed by atoms with van der Waals surface area (Å²) in [7, 11) is 0. The smallest absolute Gasteiger partial charge is 0.352 e. The highest BCUT2D eigenvalue weighted by Crippen LogP contribution is 2.34. The molecule has 24 heavy (non-hydrogen) atoms. The van der Waals surface area contributed by atoms with Crippen molar-refractivity contribution in [3.05, 3.63) is 70.3 Å². The highest BCUT2D eigenvalue weighted by molar-refractivity contribution is 9.10. The standard InChI is InChI=1S/C17H14BrNO5/c18-12-7-4-8-13(19-14(17(22)23)9-15(20)21)16(12)24-10-11-5-2-1-3-6-11/h1-9,19H,10H2,(H,20,21)(H,22,23)/b14-9-. The van der Waals surface area contributed by atoms with E-state index >= 15 is 0 Å². The molecule has 3 N–H and O–H groups in total. The molecule has 0 saturated carbocycles. The van der Waals surface area contributed by atoms with E-state index < -0.39 is 17.6 Å². The molecule has 0 saturated heterocycles. The molecule has 0 aliphatic rings. The number of carbonyl (C=O) groups is 2. The van der Waals surface area contributed by atoms with Gasteiger partial charge in [0, 0.05) is 0 Å². The van der Waals surface area contributed by atoms with Gasteiger partial charge in [0.1, 0.15) is 12.3 Å². The van der Waals surface area contributed by atoms with Gasteiger partial charge in [-0.15, -0.1) is 0 Å². The van der Waals surface area contributed by atoms with Crippen LogP contribution in [0.4, 0.5) is 5.69 Å². The van der Waals surface area contributed by atoms with Crippen LogP contribution in [0.5, 0.6) is 5.75 Å². The van der Waals surface area contributed by atoms with Crippen LogP contribution in [-0.2, 0) is 16.2 Å². The lowest BCUT2D eigenvalue weighted by molar-refractivity contribution is -0.134. The lowest BCUT2D eigenvalue weighted by Gasteiger charge is -2.15. The molecule has 0 amide bonds. The van der Waals surface area contributed by atoms with E-state index in [0.29, 0.717) is 22.0 Å². The second-order valence-corrected chi connectivity index (χ2v) is 5.57. The Morgan fingerprint density at radius 3 is 2.42 bits per heavy atom. The second kappa shape index (κ2) is 8.16. The zero-order valence-electron chi connectivity index (χ0n) is 12.4. The molecule has 0 fully saturated rings.